The summed E-state index contributed by atoms with van der Waals surface area (Å²) in [6, 6.07) is 14.7. The predicted molar refractivity (Wildman–Crippen MR) is 149 cm³/mol. The number of amides is 2. The van der Waals surface area contributed by atoms with Gasteiger partial charge in [0.25, 0.3) is 0 Å². The van der Waals surface area contributed by atoms with Crippen LogP contribution in [0.3, 0.4) is 0 Å². The third kappa shape index (κ3) is 6.53. The van der Waals surface area contributed by atoms with Crippen LogP contribution < -0.4 is 10.6 Å². The molecule has 0 saturated carbocycles. The molecule has 0 bridgehead atoms. The van der Waals surface area contributed by atoms with Crippen LogP contribution in [0, 0.1) is 0 Å². The van der Waals surface area contributed by atoms with Crippen LogP contribution in [0.2, 0.25) is 0 Å². The molecule has 2 aliphatic rings. The number of methoxy groups -OCH3 is 1. The van der Waals surface area contributed by atoms with Gasteiger partial charge in [-0.3, -0.25) is 0 Å². The Balaban J connectivity index is 1.55. The number of rotatable bonds is 8. The Bertz CT molecular complexity index is 1190. The average Bonchev–Trinajstić information content (AvgIpc) is 2.88. The number of allylic oxidation sites excluding steroid dienone is 1. The quantitative estimate of drug-likeness (QED) is 0.338. The van der Waals surface area contributed by atoms with Gasteiger partial charge in [-0.05, 0) is 54.7 Å². The van der Waals surface area contributed by atoms with E-state index in [9.17, 15) is 9.59 Å². The van der Waals surface area contributed by atoms with Gasteiger partial charge in [-0.15, -0.1) is 0 Å². The summed E-state index contributed by atoms with van der Waals surface area (Å²) < 4.78 is 10.5. The number of hydrogen-bond acceptors (Lipinski definition) is 7. The van der Waals surface area contributed by atoms with Crippen molar-refractivity contribution in [2.24, 2.45) is 4.99 Å². The zero-order valence-corrected chi connectivity index (χ0v) is 22.6. The lowest BCUT2D eigenvalue weighted by Crippen LogP contribution is -2.42. The summed E-state index contributed by atoms with van der Waals surface area (Å²) in [6.45, 7) is 7.39. The first-order valence-electron chi connectivity index (χ1n) is 12.5. The molecule has 1 fully saturated rings. The monoisotopic (exact) mass is 522 g/mol. The number of nitrogens with zero attached hydrogens (tertiary/aromatic N) is 2. The number of urea groups is 1. The van der Waals surface area contributed by atoms with Gasteiger partial charge in [0.05, 0.1) is 23.9 Å². The summed E-state index contributed by atoms with van der Waals surface area (Å²) in [5.74, 6) is 1.01. The van der Waals surface area contributed by atoms with Crippen molar-refractivity contribution >= 4 is 40.3 Å². The van der Waals surface area contributed by atoms with Gasteiger partial charge in [-0.25, -0.2) is 14.6 Å². The van der Waals surface area contributed by atoms with Crippen LogP contribution in [-0.2, 0) is 14.3 Å². The lowest BCUT2D eigenvalue weighted by atomic mass is 9.94. The van der Waals surface area contributed by atoms with Crippen molar-refractivity contribution in [1.29, 1.82) is 0 Å². The molecule has 0 aliphatic carbocycles. The highest BCUT2D eigenvalue weighted by Crippen LogP contribution is 2.40. The Labute approximate surface area is 222 Å². The number of thioether (sulfide) groups is 1. The van der Waals surface area contributed by atoms with E-state index in [1.54, 1.807) is 18.9 Å². The molecule has 8 nitrogen and oxygen atoms in total. The van der Waals surface area contributed by atoms with Crippen LogP contribution in [0.1, 0.15) is 50.3 Å². The molecule has 2 amide bonds. The summed E-state index contributed by atoms with van der Waals surface area (Å²) in [5, 5.41) is 6.71. The van der Waals surface area contributed by atoms with Crippen molar-refractivity contribution in [2.45, 2.75) is 39.2 Å². The van der Waals surface area contributed by atoms with Crippen molar-refractivity contribution < 1.29 is 19.1 Å². The molecule has 1 unspecified atom stereocenters. The van der Waals surface area contributed by atoms with E-state index < -0.39 is 5.97 Å². The molecule has 4 rings (SSSR count). The Morgan fingerprint density at radius 3 is 2.59 bits per heavy atom. The van der Waals surface area contributed by atoms with Crippen LogP contribution >= 0.6 is 11.8 Å². The van der Waals surface area contributed by atoms with Crippen LogP contribution in [-0.4, -0.2) is 54.7 Å². The van der Waals surface area contributed by atoms with Crippen molar-refractivity contribution in [3.05, 3.63) is 70.9 Å². The number of hydrogen-bond donors (Lipinski definition) is 2. The first-order valence-corrected chi connectivity index (χ1v) is 13.5. The summed E-state index contributed by atoms with van der Waals surface area (Å²) >= 11 is 1.69. The standard InChI is InChI=1S/C28H34N4O4S/c1-18(2)20-9-11-22(12-10-20)30-27(34)31-23-8-5-7-21(17-23)25-24(26(33)36-15-14-35-4)19(3)29-28-32(25)13-6-16-37-28/h5,7-12,17-18,25H,6,13-16H2,1-4H3,(H2,30,31,34). The van der Waals surface area contributed by atoms with E-state index in [4.69, 9.17) is 14.5 Å². The van der Waals surface area contributed by atoms with Crippen molar-refractivity contribution in [3.8, 4) is 0 Å². The number of carbonyl (C=O) groups excluding carboxylic acids is 2. The van der Waals surface area contributed by atoms with Crippen molar-refractivity contribution in [1.82, 2.24) is 4.90 Å². The summed E-state index contributed by atoms with van der Waals surface area (Å²) in [6.07, 6.45) is 0.987. The van der Waals surface area contributed by atoms with Gasteiger partial charge in [0.1, 0.15) is 6.61 Å². The molecule has 0 spiro atoms. The molecule has 37 heavy (non-hydrogen) atoms. The number of aliphatic imine (C=N–C) groups is 1. The Morgan fingerprint density at radius 1 is 1.11 bits per heavy atom. The Hall–Kier alpha value is -3.30. The second-order valence-corrected chi connectivity index (χ2v) is 10.4. The minimum absolute atomic E-state index is 0.171. The molecule has 196 valence electrons. The van der Waals surface area contributed by atoms with Crippen molar-refractivity contribution in [3.63, 3.8) is 0 Å². The van der Waals surface area contributed by atoms with E-state index in [1.165, 1.54) is 5.56 Å². The maximum absolute atomic E-state index is 13.2. The third-order valence-corrected chi connectivity index (χ3v) is 7.37. The van der Waals surface area contributed by atoms with Gasteiger partial charge < -0.3 is 25.0 Å². The molecule has 2 aromatic rings. The molecular weight excluding hydrogens is 488 g/mol. The van der Waals surface area contributed by atoms with Crippen LogP contribution in [0.4, 0.5) is 16.2 Å². The lowest BCUT2D eigenvalue weighted by Gasteiger charge is -2.40. The van der Waals surface area contributed by atoms with Crippen LogP contribution in [0.15, 0.2) is 64.8 Å². The number of carbonyl (C=O) groups is 2. The zero-order valence-electron chi connectivity index (χ0n) is 21.7. The minimum Gasteiger partial charge on any atom is -0.460 e. The number of anilines is 2. The summed E-state index contributed by atoms with van der Waals surface area (Å²) in [7, 11) is 1.57. The van der Waals surface area contributed by atoms with E-state index in [-0.39, 0.29) is 18.7 Å². The second kappa shape index (κ2) is 12.3. The van der Waals surface area contributed by atoms with E-state index >= 15 is 0 Å². The van der Waals surface area contributed by atoms with Crippen molar-refractivity contribution in [2.75, 3.05) is 43.3 Å². The number of esters is 1. The predicted octanol–water partition coefficient (Wildman–Crippen LogP) is 5.77. The molecule has 2 heterocycles. The highest BCUT2D eigenvalue weighted by Gasteiger charge is 2.38. The first-order chi connectivity index (χ1) is 17.9. The highest BCUT2D eigenvalue weighted by atomic mass is 32.2. The fraction of sp³-hybridized carbons (Fsp3) is 0.393. The van der Waals surface area contributed by atoms with Gasteiger partial charge in [-0.1, -0.05) is 49.9 Å². The molecule has 1 atom stereocenters. The maximum Gasteiger partial charge on any atom is 0.338 e. The molecular formula is C28H34N4O4S. The van der Waals surface area contributed by atoms with E-state index in [0.717, 1.165) is 35.1 Å². The number of amidine groups is 1. The first kappa shape index (κ1) is 26.8. The van der Waals surface area contributed by atoms with E-state index in [1.807, 2.05) is 55.5 Å². The van der Waals surface area contributed by atoms with Crippen LogP contribution in [0.25, 0.3) is 0 Å². The smallest absolute Gasteiger partial charge is 0.338 e. The average molecular weight is 523 g/mol. The second-order valence-electron chi connectivity index (χ2n) is 9.30. The molecule has 1 saturated heterocycles. The third-order valence-electron chi connectivity index (χ3n) is 6.29. The molecule has 0 aromatic heterocycles. The summed E-state index contributed by atoms with van der Waals surface area (Å²) in [4.78, 5) is 32.8. The van der Waals surface area contributed by atoms with Gasteiger partial charge in [0, 0.05) is 30.8 Å². The Kier molecular flexibility index (Phi) is 8.89. The topological polar surface area (TPSA) is 92.3 Å². The highest BCUT2D eigenvalue weighted by molar-refractivity contribution is 8.13. The maximum atomic E-state index is 13.2. The normalized spacial score (nSPS) is 17.3. The van der Waals surface area contributed by atoms with E-state index in [0.29, 0.717) is 29.5 Å². The fourth-order valence-corrected chi connectivity index (χ4v) is 5.42. The SMILES string of the molecule is COCCOC(=O)C1=C(C)N=C2SCCCN2C1c1cccc(NC(=O)Nc2ccc(C(C)C)cc2)c1. The van der Waals surface area contributed by atoms with Gasteiger partial charge in [-0.2, -0.15) is 0 Å². The number of nitrogens with one attached hydrogen (secondary N) is 2. The minimum atomic E-state index is -0.404. The largest absolute Gasteiger partial charge is 0.460 e. The summed E-state index contributed by atoms with van der Waals surface area (Å²) in [5.41, 5.74) is 4.60. The molecule has 0 radical (unpaired) electrons. The fourth-order valence-electron chi connectivity index (χ4n) is 4.40. The zero-order chi connectivity index (χ0) is 26.4. The number of ether oxygens (including phenoxy) is 2. The molecule has 9 heteroatoms. The number of fused-ring (bicyclic) bond motifs is 1. The van der Waals surface area contributed by atoms with Gasteiger partial charge in [0.15, 0.2) is 5.17 Å². The number of benzene rings is 2. The molecule has 2 N–H and O–H groups in total. The van der Waals surface area contributed by atoms with Crippen LogP contribution in [0.5, 0.6) is 0 Å². The lowest BCUT2D eigenvalue weighted by molar-refractivity contribution is -0.141. The van der Waals surface area contributed by atoms with Gasteiger partial charge >= 0.3 is 12.0 Å². The van der Waals surface area contributed by atoms with Gasteiger partial charge in [0.2, 0.25) is 0 Å². The Morgan fingerprint density at radius 2 is 1.86 bits per heavy atom. The van der Waals surface area contributed by atoms with E-state index in [2.05, 4.69) is 29.4 Å². The molecule has 2 aliphatic heterocycles. The molecule has 2 aromatic carbocycles.